The summed E-state index contributed by atoms with van der Waals surface area (Å²) in [6.45, 7) is 0.176. The summed E-state index contributed by atoms with van der Waals surface area (Å²) in [6.07, 6.45) is -0.722. The molecule has 1 fully saturated rings. The maximum Gasteiger partial charge on any atom is 0.338 e. The molecule has 0 aliphatic carbocycles. The van der Waals surface area contributed by atoms with Crippen LogP contribution < -0.4 is 0 Å². The third kappa shape index (κ3) is 0.703. The minimum atomic E-state index is -0.966. The highest BCUT2D eigenvalue weighted by molar-refractivity contribution is 5.72. The van der Waals surface area contributed by atoms with Gasteiger partial charge in [-0.1, -0.05) is 0 Å². The predicted molar refractivity (Wildman–Crippen MR) is 18.5 cm³/mol. The van der Waals surface area contributed by atoms with E-state index in [4.69, 9.17) is 5.11 Å². The van der Waals surface area contributed by atoms with Crippen molar-refractivity contribution in [2.75, 3.05) is 6.61 Å². The fraction of sp³-hybridized carbons (Fsp3) is 0.667. The zero-order valence-electron chi connectivity index (χ0n) is 3.46. The number of hydrogen-bond acceptors (Lipinski definition) is 3. The zero-order valence-corrected chi connectivity index (χ0v) is 3.46. The molecule has 0 bridgehead atoms. The minimum absolute atomic E-state index is 0.176. The van der Waals surface area contributed by atoms with E-state index < -0.39 is 12.1 Å². The topological polar surface area (TPSA) is 55.8 Å². The molecule has 0 aromatic rings. The van der Waals surface area contributed by atoms with E-state index in [9.17, 15) is 4.79 Å². The molecule has 1 N–H and O–H groups in total. The molecule has 1 rings (SSSR count). The van der Waals surface area contributed by atoms with E-state index in [1.165, 1.54) is 0 Å². The van der Waals surface area contributed by atoms with Crippen molar-refractivity contribution in [3.05, 3.63) is 0 Å². The summed E-state index contributed by atoms with van der Waals surface area (Å²) in [4.78, 5) is 18.0. The fourth-order valence-corrected chi connectivity index (χ4v) is 0.249. The molecule has 0 aromatic heterocycles. The van der Waals surface area contributed by atoms with Crippen molar-refractivity contribution >= 4 is 5.97 Å². The van der Waals surface area contributed by atoms with Gasteiger partial charge >= 0.3 is 5.97 Å². The van der Waals surface area contributed by atoms with Gasteiger partial charge in [0.1, 0.15) is 6.61 Å². The van der Waals surface area contributed by atoms with Crippen LogP contribution in [0.2, 0.25) is 0 Å². The molecule has 0 amide bonds. The van der Waals surface area contributed by atoms with Gasteiger partial charge in [-0.3, -0.25) is 0 Å². The number of carboxylic acid groups (broad SMARTS) is 1. The lowest BCUT2D eigenvalue weighted by Gasteiger charge is -2.19. The first kappa shape index (κ1) is 4.55. The molecule has 7 heavy (non-hydrogen) atoms. The van der Waals surface area contributed by atoms with Crippen LogP contribution in [-0.4, -0.2) is 23.8 Å². The SMILES string of the molecule is O=C(O)C1COO1. The Labute approximate surface area is 39.6 Å². The summed E-state index contributed by atoms with van der Waals surface area (Å²) in [5, 5.41) is 8.03. The highest BCUT2D eigenvalue weighted by Crippen LogP contribution is 2.04. The van der Waals surface area contributed by atoms with Crippen molar-refractivity contribution < 1.29 is 19.7 Å². The van der Waals surface area contributed by atoms with Crippen molar-refractivity contribution in [2.45, 2.75) is 6.10 Å². The lowest BCUT2D eigenvalue weighted by Crippen LogP contribution is -2.38. The highest BCUT2D eigenvalue weighted by Gasteiger charge is 2.27. The number of rotatable bonds is 1. The molecule has 1 unspecified atom stereocenters. The molecule has 0 radical (unpaired) electrons. The highest BCUT2D eigenvalue weighted by atomic mass is 17.2. The minimum Gasteiger partial charge on any atom is -0.479 e. The molecule has 1 aliphatic rings. The maximum atomic E-state index is 9.78. The Bertz CT molecular complexity index is 84.9. The average Bonchev–Trinajstić information content (AvgIpc) is 1.23. The Kier molecular flexibility index (Phi) is 0.958. The van der Waals surface area contributed by atoms with Gasteiger partial charge in [0, 0.05) is 0 Å². The Hall–Kier alpha value is -0.610. The van der Waals surface area contributed by atoms with Gasteiger partial charge in [-0.2, -0.15) is 0 Å². The van der Waals surface area contributed by atoms with Crippen LogP contribution >= 0.6 is 0 Å². The van der Waals surface area contributed by atoms with E-state index >= 15 is 0 Å². The lowest BCUT2D eigenvalue weighted by molar-refractivity contribution is -0.413. The summed E-state index contributed by atoms with van der Waals surface area (Å²) < 4.78 is 0. The molecule has 1 atom stereocenters. The van der Waals surface area contributed by atoms with Crippen molar-refractivity contribution in [3.8, 4) is 0 Å². The summed E-state index contributed by atoms with van der Waals surface area (Å²) in [5.74, 6) is -0.966. The second-order valence-corrected chi connectivity index (χ2v) is 1.21. The van der Waals surface area contributed by atoms with E-state index in [0.717, 1.165) is 0 Å². The van der Waals surface area contributed by atoms with Crippen LogP contribution in [-0.2, 0) is 14.6 Å². The summed E-state index contributed by atoms with van der Waals surface area (Å²) in [7, 11) is 0. The Morgan fingerprint density at radius 1 is 1.86 bits per heavy atom. The first-order chi connectivity index (χ1) is 3.30. The van der Waals surface area contributed by atoms with Gasteiger partial charge in [-0.05, 0) is 0 Å². The molecule has 0 aromatic carbocycles. The first-order valence-corrected chi connectivity index (χ1v) is 1.82. The molecule has 1 aliphatic heterocycles. The Morgan fingerprint density at radius 2 is 2.43 bits per heavy atom. The first-order valence-electron chi connectivity index (χ1n) is 1.82. The van der Waals surface area contributed by atoms with Gasteiger partial charge in [0.2, 0.25) is 6.10 Å². The smallest absolute Gasteiger partial charge is 0.338 e. The second kappa shape index (κ2) is 1.48. The van der Waals surface area contributed by atoms with Gasteiger partial charge in [0.15, 0.2) is 0 Å². The summed E-state index contributed by atoms with van der Waals surface area (Å²) >= 11 is 0. The molecule has 40 valence electrons. The van der Waals surface area contributed by atoms with Crippen LogP contribution in [0, 0.1) is 0 Å². The molecule has 0 saturated carbocycles. The van der Waals surface area contributed by atoms with Crippen LogP contribution in [0.15, 0.2) is 0 Å². The molecule has 0 spiro atoms. The van der Waals surface area contributed by atoms with Crippen LogP contribution in [0.1, 0.15) is 0 Å². The molecule has 4 nitrogen and oxygen atoms in total. The summed E-state index contributed by atoms with van der Waals surface area (Å²) in [5.41, 5.74) is 0. The Morgan fingerprint density at radius 3 is 2.43 bits per heavy atom. The summed E-state index contributed by atoms with van der Waals surface area (Å²) in [6, 6.07) is 0. The third-order valence-corrected chi connectivity index (χ3v) is 0.679. The van der Waals surface area contributed by atoms with Crippen LogP contribution in [0.3, 0.4) is 0 Å². The fourth-order valence-electron chi connectivity index (χ4n) is 0.249. The third-order valence-electron chi connectivity index (χ3n) is 0.679. The van der Waals surface area contributed by atoms with E-state index in [1.54, 1.807) is 0 Å². The van der Waals surface area contributed by atoms with Gasteiger partial charge in [0.05, 0.1) is 0 Å². The van der Waals surface area contributed by atoms with Gasteiger partial charge < -0.3 is 5.11 Å². The van der Waals surface area contributed by atoms with Gasteiger partial charge in [0.25, 0.3) is 0 Å². The van der Waals surface area contributed by atoms with Crippen LogP contribution in [0.5, 0.6) is 0 Å². The monoisotopic (exact) mass is 104 g/mol. The molecule has 1 saturated heterocycles. The standard InChI is InChI=1S/C3H4O4/c4-3(5)2-1-6-7-2/h2H,1H2,(H,4,5). The van der Waals surface area contributed by atoms with Crippen LogP contribution in [0.4, 0.5) is 0 Å². The maximum absolute atomic E-state index is 9.78. The van der Waals surface area contributed by atoms with E-state index in [-0.39, 0.29) is 6.61 Å². The molecular weight excluding hydrogens is 100 g/mol. The van der Waals surface area contributed by atoms with Crippen molar-refractivity contribution in [3.63, 3.8) is 0 Å². The lowest BCUT2D eigenvalue weighted by atomic mass is 10.4. The van der Waals surface area contributed by atoms with Crippen molar-refractivity contribution in [1.29, 1.82) is 0 Å². The average molecular weight is 104 g/mol. The van der Waals surface area contributed by atoms with Crippen molar-refractivity contribution in [1.82, 2.24) is 0 Å². The Balaban J connectivity index is 2.27. The quantitative estimate of drug-likeness (QED) is 0.451. The number of hydrogen-bond donors (Lipinski definition) is 1. The molecular formula is C3H4O4. The largest absolute Gasteiger partial charge is 0.479 e. The van der Waals surface area contributed by atoms with E-state index in [0.29, 0.717) is 0 Å². The van der Waals surface area contributed by atoms with E-state index in [1.807, 2.05) is 0 Å². The van der Waals surface area contributed by atoms with Crippen molar-refractivity contribution in [2.24, 2.45) is 0 Å². The zero-order chi connectivity index (χ0) is 5.28. The van der Waals surface area contributed by atoms with E-state index in [2.05, 4.69) is 9.78 Å². The van der Waals surface area contributed by atoms with Gasteiger partial charge in [-0.25, -0.2) is 14.6 Å². The second-order valence-electron chi connectivity index (χ2n) is 1.21. The predicted octanol–water partition coefficient (Wildman–Crippen LogP) is -0.599. The normalized spacial score (nSPS) is 28.9. The van der Waals surface area contributed by atoms with Gasteiger partial charge in [-0.15, -0.1) is 0 Å². The molecule has 4 heteroatoms. The number of carboxylic acids is 1. The molecule has 1 heterocycles. The number of carbonyl (C=O) groups is 1. The number of aliphatic carboxylic acids is 1. The van der Waals surface area contributed by atoms with Crippen LogP contribution in [0.25, 0.3) is 0 Å².